The van der Waals surface area contributed by atoms with E-state index >= 15 is 0 Å². The zero-order chi connectivity index (χ0) is 24.8. The van der Waals surface area contributed by atoms with Gasteiger partial charge in [-0.2, -0.15) is 0 Å². The van der Waals surface area contributed by atoms with Gasteiger partial charge in [-0.15, -0.1) is 0 Å². The lowest BCUT2D eigenvalue weighted by Crippen LogP contribution is -2.52. The van der Waals surface area contributed by atoms with Crippen LogP contribution in [0.4, 0.5) is 0 Å². The second kappa shape index (κ2) is 15.7. The van der Waals surface area contributed by atoms with E-state index in [0.717, 1.165) is 31.1 Å². The van der Waals surface area contributed by atoms with Crippen LogP contribution in [0.3, 0.4) is 0 Å². The van der Waals surface area contributed by atoms with Gasteiger partial charge < -0.3 is 4.74 Å². The Morgan fingerprint density at radius 3 is 1.80 bits per heavy atom. The predicted molar refractivity (Wildman–Crippen MR) is 150 cm³/mol. The van der Waals surface area contributed by atoms with Gasteiger partial charge in [0.15, 0.2) is 0 Å². The highest BCUT2D eigenvalue weighted by molar-refractivity contribution is 5.78. The van der Waals surface area contributed by atoms with Crippen molar-refractivity contribution in [2.75, 3.05) is 6.61 Å². The summed E-state index contributed by atoms with van der Waals surface area (Å²) in [6.07, 6.45) is 32.8. The summed E-state index contributed by atoms with van der Waals surface area (Å²) < 4.78 is 6.19. The minimum absolute atomic E-state index is 0.182. The van der Waals surface area contributed by atoms with Gasteiger partial charge in [0, 0.05) is 0 Å². The molecule has 2 nitrogen and oxygen atoms in total. The standard InChI is InChI=1S/C33H60O2/c1-3-5-7-8-9-10-11-18-28-35-31(34)33(24-16-13-17-25-33)32(23-6-4-2)26-21-30(22-27-32)29-19-14-12-15-20-29/h29-30H,3-28H2,1-2H3/t30-,32+. The lowest BCUT2D eigenvalue weighted by atomic mass is 9.49. The Morgan fingerprint density at radius 2 is 1.17 bits per heavy atom. The van der Waals surface area contributed by atoms with Crippen LogP contribution in [0.1, 0.15) is 174 Å². The number of unbranched alkanes of at least 4 members (excludes halogenated alkanes) is 8. The van der Waals surface area contributed by atoms with Gasteiger partial charge in [0.1, 0.15) is 0 Å². The smallest absolute Gasteiger partial charge is 0.312 e. The summed E-state index contributed by atoms with van der Waals surface area (Å²) in [5.41, 5.74) is 0.0308. The highest BCUT2D eigenvalue weighted by atomic mass is 16.5. The number of hydrogen-bond donors (Lipinski definition) is 0. The molecule has 0 aromatic rings. The van der Waals surface area contributed by atoms with Crippen molar-refractivity contribution in [2.24, 2.45) is 22.7 Å². The topological polar surface area (TPSA) is 26.3 Å². The van der Waals surface area contributed by atoms with Gasteiger partial charge in [-0.3, -0.25) is 4.79 Å². The fourth-order valence-electron chi connectivity index (χ4n) is 8.40. The predicted octanol–water partition coefficient (Wildman–Crippen LogP) is 10.6. The maximum Gasteiger partial charge on any atom is 0.312 e. The fraction of sp³-hybridized carbons (Fsp3) is 0.970. The maximum absolute atomic E-state index is 14.0. The summed E-state index contributed by atoms with van der Waals surface area (Å²) in [5, 5.41) is 0. The average molecular weight is 489 g/mol. The quantitative estimate of drug-likeness (QED) is 0.169. The molecular formula is C33H60O2. The summed E-state index contributed by atoms with van der Waals surface area (Å²) >= 11 is 0. The summed E-state index contributed by atoms with van der Waals surface area (Å²) in [6, 6.07) is 0. The molecular weight excluding hydrogens is 428 g/mol. The molecule has 0 heterocycles. The third-order valence-electron chi connectivity index (χ3n) is 10.7. The van der Waals surface area contributed by atoms with Crippen LogP contribution in [-0.2, 0) is 9.53 Å². The first-order valence-electron chi connectivity index (χ1n) is 16.3. The van der Waals surface area contributed by atoms with Gasteiger partial charge in [0.25, 0.3) is 0 Å². The first-order chi connectivity index (χ1) is 17.2. The molecule has 3 aliphatic carbocycles. The molecule has 0 spiro atoms. The van der Waals surface area contributed by atoms with Crippen LogP contribution in [0.25, 0.3) is 0 Å². The molecule has 0 radical (unpaired) electrons. The van der Waals surface area contributed by atoms with Crippen LogP contribution in [0.2, 0.25) is 0 Å². The van der Waals surface area contributed by atoms with Gasteiger partial charge in [0.2, 0.25) is 0 Å². The van der Waals surface area contributed by atoms with E-state index in [-0.39, 0.29) is 16.8 Å². The molecule has 2 heteroatoms. The van der Waals surface area contributed by atoms with Crippen LogP contribution in [0, 0.1) is 22.7 Å². The second-order valence-corrected chi connectivity index (χ2v) is 12.9. The molecule has 0 bridgehead atoms. The monoisotopic (exact) mass is 488 g/mol. The SMILES string of the molecule is CCCCCCCCCCOC(=O)C1([C@]2(CCCC)CC[C@H](C3CCCCC3)CC2)CCCCC1. The van der Waals surface area contributed by atoms with Crippen molar-refractivity contribution in [1.82, 2.24) is 0 Å². The molecule has 0 N–H and O–H groups in total. The Labute approximate surface area is 219 Å². The lowest BCUT2D eigenvalue weighted by Gasteiger charge is -2.55. The number of ether oxygens (including phenoxy) is 1. The number of esters is 1. The molecule has 0 saturated heterocycles. The van der Waals surface area contributed by atoms with Crippen LogP contribution < -0.4 is 0 Å². The van der Waals surface area contributed by atoms with Crippen molar-refractivity contribution in [3.8, 4) is 0 Å². The van der Waals surface area contributed by atoms with E-state index in [1.807, 2.05) is 0 Å². The molecule has 3 fully saturated rings. The molecule has 0 aromatic heterocycles. The molecule has 0 amide bonds. The van der Waals surface area contributed by atoms with Crippen molar-refractivity contribution in [3.63, 3.8) is 0 Å². The van der Waals surface area contributed by atoms with Crippen LogP contribution in [-0.4, -0.2) is 12.6 Å². The van der Waals surface area contributed by atoms with E-state index in [1.54, 1.807) is 0 Å². The van der Waals surface area contributed by atoms with E-state index < -0.39 is 0 Å². The molecule has 0 atom stereocenters. The summed E-state index contributed by atoms with van der Waals surface area (Å²) in [4.78, 5) is 14.0. The fourth-order valence-corrected chi connectivity index (χ4v) is 8.40. The molecule has 35 heavy (non-hydrogen) atoms. The minimum Gasteiger partial charge on any atom is -0.465 e. The molecule has 3 aliphatic rings. The Morgan fingerprint density at radius 1 is 0.629 bits per heavy atom. The van der Waals surface area contributed by atoms with Crippen LogP contribution in [0.15, 0.2) is 0 Å². The number of carbonyl (C=O) groups is 1. The summed E-state index contributed by atoms with van der Waals surface area (Å²) in [5.74, 6) is 2.12. The summed E-state index contributed by atoms with van der Waals surface area (Å²) in [6.45, 7) is 5.27. The van der Waals surface area contributed by atoms with Gasteiger partial charge in [-0.1, -0.05) is 123 Å². The van der Waals surface area contributed by atoms with Crippen LogP contribution in [0.5, 0.6) is 0 Å². The number of carbonyl (C=O) groups excluding carboxylic acids is 1. The van der Waals surface area contributed by atoms with Crippen LogP contribution >= 0.6 is 0 Å². The Bertz CT molecular complexity index is 562. The third-order valence-corrected chi connectivity index (χ3v) is 10.7. The van der Waals surface area contributed by atoms with Gasteiger partial charge in [-0.25, -0.2) is 0 Å². The number of hydrogen-bond acceptors (Lipinski definition) is 2. The molecule has 0 aliphatic heterocycles. The maximum atomic E-state index is 14.0. The largest absolute Gasteiger partial charge is 0.465 e. The first kappa shape index (κ1) is 29.0. The van der Waals surface area contributed by atoms with Gasteiger partial charge in [0.05, 0.1) is 12.0 Å². The Hall–Kier alpha value is -0.530. The van der Waals surface area contributed by atoms with E-state index in [4.69, 9.17) is 4.74 Å². The summed E-state index contributed by atoms with van der Waals surface area (Å²) in [7, 11) is 0. The van der Waals surface area contributed by atoms with Crippen molar-refractivity contribution < 1.29 is 9.53 Å². The van der Waals surface area contributed by atoms with E-state index in [0.29, 0.717) is 6.61 Å². The third kappa shape index (κ3) is 7.98. The lowest BCUT2D eigenvalue weighted by molar-refractivity contribution is -0.175. The molecule has 3 saturated carbocycles. The van der Waals surface area contributed by atoms with E-state index in [9.17, 15) is 4.79 Å². The van der Waals surface area contributed by atoms with E-state index in [2.05, 4.69) is 13.8 Å². The first-order valence-corrected chi connectivity index (χ1v) is 16.3. The average Bonchev–Trinajstić information content (AvgIpc) is 2.92. The number of rotatable bonds is 15. The van der Waals surface area contributed by atoms with Crippen molar-refractivity contribution in [2.45, 2.75) is 174 Å². The zero-order valence-corrected chi connectivity index (χ0v) is 23.9. The highest BCUT2D eigenvalue weighted by Gasteiger charge is 2.57. The highest BCUT2D eigenvalue weighted by Crippen LogP contribution is 2.61. The molecule has 0 unspecified atom stereocenters. The molecule has 0 aromatic carbocycles. The Kier molecular flexibility index (Phi) is 13.0. The second-order valence-electron chi connectivity index (χ2n) is 12.9. The van der Waals surface area contributed by atoms with E-state index in [1.165, 1.54) is 141 Å². The zero-order valence-electron chi connectivity index (χ0n) is 23.9. The minimum atomic E-state index is -0.182. The Balaban J connectivity index is 1.58. The van der Waals surface area contributed by atoms with Crippen molar-refractivity contribution in [1.29, 1.82) is 0 Å². The molecule has 204 valence electrons. The molecule has 3 rings (SSSR count). The van der Waals surface area contributed by atoms with Crippen molar-refractivity contribution in [3.05, 3.63) is 0 Å². The van der Waals surface area contributed by atoms with Gasteiger partial charge >= 0.3 is 5.97 Å². The van der Waals surface area contributed by atoms with Gasteiger partial charge in [-0.05, 0) is 68.6 Å². The normalized spacial score (nSPS) is 27.5. The van der Waals surface area contributed by atoms with Crippen molar-refractivity contribution >= 4 is 5.97 Å².